The van der Waals surface area contributed by atoms with Crippen molar-refractivity contribution in [3.05, 3.63) is 46.3 Å². The fraction of sp³-hybridized carbons (Fsp3) is 0.286. The smallest absolute Gasteiger partial charge is 0.354 e. The summed E-state index contributed by atoms with van der Waals surface area (Å²) in [4.78, 5) is 16.2. The van der Waals surface area contributed by atoms with Crippen molar-refractivity contribution < 1.29 is 9.90 Å². The molecule has 0 aliphatic carbocycles. The zero-order valence-corrected chi connectivity index (χ0v) is 11.6. The number of thiophene rings is 1. The van der Waals surface area contributed by atoms with Gasteiger partial charge in [0.05, 0.1) is 6.04 Å². The van der Waals surface area contributed by atoms with Crippen LogP contribution in [0.5, 0.6) is 0 Å². The molecular weight excluding hydrogens is 260 g/mol. The Morgan fingerprint density at radius 1 is 1.32 bits per heavy atom. The van der Waals surface area contributed by atoms with E-state index in [9.17, 15) is 4.79 Å². The predicted octanol–water partition coefficient (Wildman–Crippen LogP) is 3.65. The molecule has 4 nitrogen and oxygen atoms in total. The van der Waals surface area contributed by atoms with Gasteiger partial charge in [-0.1, -0.05) is 26.0 Å². The van der Waals surface area contributed by atoms with Crippen LogP contribution in [0.25, 0.3) is 0 Å². The first-order valence-electron chi connectivity index (χ1n) is 6.08. The number of carbonyl (C=O) groups is 1. The second kappa shape index (κ2) is 5.84. The first-order valence-corrected chi connectivity index (χ1v) is 6.96. The molecular formula is C14H16N2O2S. The molecule has 0 aliphatic rings. The van der Waals surface area contributed by atoms with Crippen molar-refractivity contribution in [1.82, 2.24) is 4.98 Å². The van der Waals surface area contributed by atoms with Crippen LogP contribution in [-0.4, -0.2) is 16.1 Å². The number of nitrogens with zero attached hydrogens (tertiary/aromatic N) is 1. The number of hydrogen-bond donors (Lipinski definition) is 2. The van der Waals surface area contributed by atoms with E-state index < -0.39 is 5.97 Å². The lowest BCUT2D eigenvalue weighted by atomic mass is 10.0. The molecule has 0 amide bonds. The number of nitrogens with one attached hydrogen (secondary N) is 1. The summed E-state index contributed by atoms with van der Waals surface area (Å²) in [6.45, 7) is 4.25. The van der Waals surface area contributed by atoms with Crippen molar-refractivity contribution in [2.75, 3.05) is 5.32 Å². The van der Waals surface area contributed by atoms with Gasteiger partial charge in [-0.25, -0.2) is 9.78 Å². The minimum absolute atomic E-state index is 0.0543. The summed E-state index contributed by atoms with van der Waals surface area (Å²) in [5, 5.41) is 14.3. The lowest BCUT2D eigenvalue weighted by molar-refractivity contribution is 0.0690. The number of hydrogen-bond acceptors (Lipinski definition) is 4. The van der Waals surface area contributed by atoms with Gasteiger partial charge in [0.1, 0.15) is 5.82 Å². The molecule has 0 saturated carbocycles. The number of pyridine rings is 1. The van der Waals surface area contributed by atoms with Crippen molar-refractivity contribution >= 4 is 23.1 Å². The molecule has 2 aromatic heterocycles. The molecule has 5 heteroatoms. The minimum Gasteiger partial charge on any atom is -0.477 e. The molecule has 1 unspecified atom stereocenters. The average molecular weight is 276 g/mol. The van der Waals surface area contributed by atoms with Gasteiger partial charge in [0.15, 0.2) is 5.69 Å². The molecule has 0 radical (unpaired) electrons. The van der Waals surface area contributed by atoms with Crippen LogP contribution in [0.2, 0.25) is 0 Å². The third kappa shape index (κ3) is 3.32. The molecule has 19 heavy (non-hydrogen) atoms. The van der Waals surface area contributed by atoms with Crippen LogP contribution >= 0.6 is 11.3 Å². The highest BCUT2D eigenvalue weighted by molar-refractivity contribution is 7.10. The van der Waals surface area contributed by atoms with E-state index >= 15 is 0 Å². The van der Waals surface area contributed by atoms with Crippen molar-refractivity contribution in [2.24, 2.45) is 5.92 Å². The third-order valence-electron chi connectivity index (χ3n) is 2.79. The molecule has 0 fully saturated rings. The summed E-state index contributed by atoms with van der Waals surface area (Å²) < 4.78 is 0. The monoisotopic (exact) mass is 276 g/mol. The van der Waals surface area contributed by atoms with Gasteiger partial charge in [-0.05, 0) is 29.5 Å². The van der Waals surface area contributed by atoms with E-state index in [-0.39, 0.29) is 11.7 Å². The van der Waals surface area contributed by atoms with E-state index in [4.69, 9.17) is 5.11 Å². The number of carboxylic acid groups (broad SMARTS) is 1. The van der Waals surface area contributed by atoms with Gasteiger partial charge in [0.2, 0.25) is 0 Å². The zero-order chi connectivity index (χ0) is 13.8. The third-order valence-corrected chi connectivity index (χ3v) is 3.74. The molecule has 2 N–H and O–H groups in total. The summed E-state index contributed by atoms with van der Waals surface area (Å²) in [7, 11) is 0. The standard InChI is InChI=1S/C14H16N2O2S/c1-9(2)13(11-6-4-8-19-11)16-12-7-3-5-10(15-12)14(17)18/h3-9,13H,1-2H3,(H,15,16)(H,17,18). The summed E-state index contributed by atoms with van der Waals surface area (Å²) in [6.07, 6.45) is 0. The van der Waals surface area contributed by atoms with Gasteiger partial charge in [0, 0.05) is 4.88 Å². The molecule has 0 spiro atoms. The molecule has 100 valence electrons. The van der Waals surface area contributed by atoms with Crippen LogP contribution in [0.15, 0.2) is 35.7 Å². The lowest BCUT2D eigenvalue weighted by Crippen LogP contribution is -2.17. The lowest BCUT2D eigenvalue weighted by Gasteiger charge is -2.21. The second-order valence-electron chi connectivity index (χ2n) is 4.59. The predicted molar refractivity (Wildman–Crippen MR) is 76.7 cm³/mol. The Kier molecular flexibility index (Phi) is 4.16. The normalized spacial score (nSPS) is 12.4. The van der Waals surface area contributed by atoms with E-state index in [0.717, 1.165) is 0 Å². The number of carboxylic acids is 1. The highest BCUT2D eigenvalue weighted by atomic mass is 32.1. The number of aromatic carboxylic acids is 1. The largest absolute Gasteiger partial charge is 0.477 e. The second-order valence-corrected chi connectivity index (χ2v) is 5.57. The molecule has 2 rings (SSSR count). The van der Waals surface area contributed by atoms with Crippen LogP contribution in [0, 0.1) is 5.92 Å². The Hall–Kier alpha value is -1.88. The molecule has 0 saturated heterocycles. The highest BCUT2D eigenvalue weighted by Crippen LogP contribution is 2.29. The maximum Gasteiger partial charge on any atom is 0.354 e. The summed E-state index contributed by atoms with van der Waals surface area (Å²) in [5.41, 5.74) is 0.0543. The number of aromatic nitrogens is 1. The summed E-state index contributed by atoms with van der Waals surface area (Å²) in [5.74, 6) is -0.0400. The molecule has 1 atom stereocenters. The Morgan fingerprint density at radius 2 is 2.11 bits per heavy atom. The van der Waals surface area contributed by atoms with Gasteiger partial charge in [0.25, 0.3) is 0 Å². The molecule has 0 aliphatic heterocycles. The van der Waals surface area contributed by atoms with Gasteiger partial charge in [-0.2, -0.15) is 0 Å². The van der Waals surface area contributed by atoms with E-state index in [0.29, 0.717) is 11.7 Å². The summed E-state index contributed by atoms with van der Waals surface area (Å²) >= 11 is 1.68. The first kappa shape index (κ1) is 13.5. The minimum atomic E-state index is -1.01. The van der Waals surface area contributed by atoms with Crippen LogP contribution in [0.3, 0.4) is 0 Å². The van der Waals surface area contributed by atoms with E-state index in [1.807, 2.05) is 11.4 Å². The van der Waals surface area contributed by atoms with Crippen LogP contribution in [0.1, 0.15) is 35.3 Å². The highest BCUT2D eigenvalue weighted by Gasteiger charge is 2.17. The van der Waals surface area contributed by atoms with Crippen molar-refractivity contribution in [3.63, 3.8) is 0 Å². The van der Waals surface area contributed by atoms with Crippen molar-refractivity contribution in [1.29, 1.82) is 0 Å². The zero-order valence-electron chi connectivity index (χ0n) is 10.8. The topological polar surface area (TPSA) is 62.2 Å². The quantitative estimate of drug-likeness (QED) is 0.875. The van der Waals surface area contributed by atoms with Crippen LogP contribution < -0.4 is 5.32 Å². The average Bonchev–Trinajstić information content (AvgIpc) is 2.89. The number of anilines is 1. The van der Waals surface area contributed by atoms with Gasteiger partial charge in [-0.15, -0.1) is 11.3 Å². The van der Waals surface area contributed by atoms with Crippen LogP contribution in [0.4, 0.5) is 5.82 Å². The number of rotatable bonds is 5. The Balaban J connectivity index is 2.22. The SMILES string of the molecule is CC(C)C(Nc1cccc(C(=O)O)n1)c1cccs1. The van der Waals surface area contributed by atoms with Crippen LogP contribution in [-0.2, 0) is 0 Å². The van der Waals surface area contributed by atoms with E-state index in [2.05, 4.69) is 30.2 Å². The molecule has 0 aromatic carbocycles. The molecule has 2 heterocycles. The Morgan fingerprint density at radius 3 is 2.68 bits per heavy atom. The van der Waals surface area contributed by atoms with Gasteiger partial charge in [-0.3, -0.25) is 0 Å². The van der Waals surface area contributed by atoms with Gasteiger partial charge >= 0.3 is 5.97 Å². The molecule has 2 aromatic rings. The van der Waals surface area contributed by atoms with E-state index in [1.165, 1.54) is 10.9 Å². The fourth-order valence-electron chi connectivity index (χ4n) is 1.83. The van der Waals surface area contributed by atoms with Crippen molar-refractivity contribution in [3.8, 4) is 0 Å². The maximum absolute atomic E-state index is 10.9. The Labute approximate surface area is 116 Å². The Bertz CT molecular complexity index is 552. The van der Waals surface area contributed by atoms with Crippen molar-refractivity contribution in [2.45, 2.75) is 19.9 Å². The maximum atomic E-state index is 10.9. The molecule has 0 bridgehead atoms. The summed E-state index contributed by atoms with van der Waals surface area (Å²) in [6, 6.07) is 9.20. The first-order chi connectivity index (χ1) is 9.08. The van der Waals surface area contributed by atoms with Gasteiger partial charge < -0.3 is 10.4 Å². The van der Waals surface area contributed by atoms with E-state index in [1.54, 1.807) is 23.5 Å². The fourth-order valence-corrected chi connectivity index (χ4v) is 2.78.